The van der Waals surface area contributed by atoms with Crippen LogP contribution in [0.1, 0.15) is 47.0 Å². The summed E-state index contributed by atoms with van der Waals surface area (Å²) in [5.74, 6) is -1.27. The summed E-state index contributed by atoms with van der Waals surface area (Å²) in [5.41, 5.74) is 2.94. The molecule has 0 N–H and O–H groups in total. The molecule has 7 nitrogen and oxygen atoms in total. The first-order valence-electron chi connectivity index (χ1n) is 11.4. The number of fused-ring (bicyclic) bond motifs is 1. The molecule has 0 bridgehead atoms. The van der Waals surface area contributed by atoms with E-state index in [-0.39, 0.29) is 5.91 Å². The fourth-order valence-electron chi connectivity index (χ4n) is 3.71. The molecule has 0 radical (unpaired) electrons. The maximum atomic E-state index is 13.9. The van der Waals surface area contributed by atoms with Gasteiger partial charge in [0.25, 0.3) is 5.91 Å². The molecule has 182 valence electrons. The lowest BCUT2D eigenvalue weighted by molar-refractivity contribution is -0.152. The number of benzene rings is 2. The molecule has 1 amide bonds. The second-order valence-corrected chi connectivity index (χ2v) is 9.71. The Hall–Kier alpha value is -2.84. The monoisotopic (exact) mass is 484 g/mol. The maximum Gasteiger partial charge on any atom is 0.339 e. The Bertz CT molecular complexity index is 1040. The Morgan fingerprint density at radius 1 is 1.12 bits per heavy atom. The standard InChI is InChI=1S/C26H32N2O5S/c1-6-16-32-26(31)20-8-7-9-21-24(20)34-23(19-12-10-17(2)11-13-19)22(33-18(3)29)25(30)28(21)15-14-27(4)5/h7-13,22-23H,6,14-16H2,1-5H3/t22-,23+/m1/s1. The van der Waals surface area contributed by atoms with E-state index in [2.05, 4.69) is 0 Å². The second kappa shape index (κ2) is 11.5. The van der Waals surface area contributed by atoms with Gasteiger partial charge in [-0.1, -0.05) is 42.8 Å². The van der Waals surface area contributed by atoms with Gasteiger partial charge in [0.1, 0.15) is 0 Å². The van der Waals surface area contributed by atoms with Crippen LogP contribution in [-0.2, 0) is 19.1 Å². The van der Waals surface area contributed by atoms with E-state index in [9.17, 15) is 14.4 Å². The van der Waals surface area contributed by atoms with Crippen LogP contribution in [0.15, 0.2) is 47.4 Å². The molecule has 8 heteroatoms. The maximum absolute atomic E-state index is 13.9. The van der Waals surface area contributed by atoms with Gasteiger partial charge in [-0.25, -0.2) is 4.79 Å². The third-order valence-corrected chi connectivity index (χ3v) is 6.88. The highest BCUT2D eigenvalue weighted by molar-refractivity contribution is 8.00. The van der Waals surface area contributed by atoms with Gasteiger partial charge in [0, 0.05) is 24.9 Å². The molecule has 1 aliphatic heterocycles. The first-order chi connectivity index (χ1) is 16.2. The van der Waals surface area contributed by atoms with Gasteiger partial charge >= 0.3 is 11.9 Å². The summed E-state index contributed by atoms with van der Waals surface area (Å²) in [6.07, 6.45) is -0.332. The van der Waals surface area contributed by atoms with Crippen LogP contribution >= 0.6 is 11.8 Å². The van der Waals surface area contributed by atoms with E-state index in [1.807, 2.05) is 63.2 Å². The van der Waals surface area contributed by atoms with E-state index < -0.39 is 23.3 Å². The zero-order valence-electron chi connectivity index (χ0n) is 20.4. The van der Waals surface area contributed by atoms with Gasteiger partial charge in [-0.15, -0.1) is 11.8 Å². The molecule has 0 saturated heterocycles. The summed E-state index contributed by atoms with van der Waals surface area (Å²) >= 11 is 1.36. The summed E-state index contributed by atoms with van der Waals surface area (Å²) in [6.45, 7) is 6.52. The van der Waals surface area contributed by atoms with Crippen molar-refractivity contribution in [3.63, 3.8) is 0 Å². The molecular formula is C26H32N2O5S. The number of thioether (sulfide) groups is 1. The lowest BCUT2D eigenvalue weighted by Gasteiger charge is -2.28. The number of hydrogen-bond donors (Lipinski definition) is 0. The summed E-state index contributed by atoms with van der Waals surface area (Å²) in [4.78, 5) is 43.1. The fraction of sp³-hybridized carbons (Fsp3) is 0.423. The molecule has 0 fully saturated rings. The lowest BCUT2D eigenvalue weighted by Crippen LogP contribution is -2.45. The second-order valence-electron chi connectivity index (χ2n) is 8.56. The minimum Gasteiger partial charge on any atom is -0.462 e. The van der Waals surface area contributed by atoms with E-state index in [0.29, 0.717) is 42.3 Å². The van der Waals surface area contributed by atoms with Crippen molar-refractivity contribution in [1.29, 1.82) is 0 Å². The Labute approximate surface area is 205 Å². The summed E-state index contributed by atoms with van der Waals surface area (Å²) in [7, 11) is 3.85. The summed E-state index contributed by atoms with van der Waals surface area (Å²) in [5, 5.41) is -0.528. The number of carbonyl (C=O) groups is 3. The van der Waals surface area contributed by atoms with Gasteiger partial charge in [0.05, 0.1) is 23.1 Å². The predicted octanol–water partition coefficient (Wildman–Crippen LogP) is 4.24. The number of nitrogens with zero attached hydrogens (tertiary/aromatic N) is 2. The first kappa shape index (κ1) is 25.8. The molecule has 1 aliphatic rings. The van der Waals surface area contributed by atoms with Crippen molar-refractivity contribution in [2.24, 2.45) is 0 Å². The number of amides is 1. The van der Waals surface area contributed by atoms with Crippen molar-refractivity contribution in [2.75, 3.05) is 38.7 Å². The van der Waals surface area contributed by atoms with E-state index in [1.165, 1.54) is 18.7 Å². The quantitative estimate of drug-likeness (QED) is 0.519. The van der Waals surface area contributed by atoms with E-state index in [4.69, 9.17) is 9.47 Å². The van der Waals surface area contributed by atoms with Gasteiger partial charge in [-0.2, -0.15) is 0 Å². The van der Waals surface area contributed by atoms with Crippen molar-refractivity contribution < 1.29 is 23.9 Å². The van der Waals surface area contributed by atoms with Crippen LogP contribution in [0.3, 0.4) is 0 Å². The van der Waals surface area contributed by atoms with Crippen LogP contribution < -0.4 is 4.90 Å². The first-order valence-corrected chi connectivity index (χ1v) is 12.3. The third kappa shape index (κ3) is 5.98. The van der Waals surface area contributed by atoms with Gasteiger partial charge in [-0.3, -0.25) is 9.59 Å². The van der Waals surface area contributed by atoms with Gasteiger partial charge in [0.2, 0.25) is 0 Å². The van der Waals surface area contributed by atoms with Crippen LogP contribution in [0.25, 0.3) is 0 Å². The molecule has 0 unspecified atom stereocenters. The highest BCUT2D eigenvalue weighted by Crippen LogP contribution is 2.48. The normalized spacial score (nSPS) is 17.8. The highest BCUT2D eigenvalue weighted by Gasteiger charge is 2.42. The number of anilines is 1. The molecular weight excluding hydrogens is 452 g/mol. The predicted molar refractivity (Wildman–Crippen MR) is 133 cm³/mol. The van der Waals surface area contributed by atoms with E-state index >= 15 is 0 Å². The Morgan fingerprint density at radius 2 is 1.82 bits per heavy atom. The summed E-state index contributed by atoms with van der Waals surface area (Å²) in [6, 6.07) is 13.1. The molecule has 3 rings (SSSR count). The molecule has 0 aromatic heterocycles. The molecule has 0 saturated carbocycles. The average molecular weight is 485 g/mol. The van der Waals surface area contributed by atoms with Crippen molar-refractivity contribution in [3.05, 3.63) is 59.2 Å². The zero-order chi connectivity index (χ0) is 24.8. The number of carbonyl (C=O) groups excluding carboxylic acids is 3. The molecule has 2 atom stereocenters. The molecule has 2 aromatic rings. The van der Waals surface area contributed by atoms with Gasteiger partial charge in [0.15, 0.2) is 6.10 Å². The smallest absolute Gasteiger partial charge is 0.339 e. The molecule has 2 aromatic carbocycles. The zero-order valence-corrected chi connectivity index (χ0v) is 21.2. The minimum atomic E-state index is -1.04. The number of hydrogen-bond acceptors (Lipinski definition) is 7. The van der Waals surface area contributed by atoms with Crippen molar-refractivity contribution in [1.82, 2.24) is 4.90 Å². The van der Waals surface area contributed by atoms with Gasteiger partial charge < -0.3 is 19.3 Å². The molecule has 1 heterocycles. The summed E-state index contributed by atoms with van der Waals surface area (Å²) < 4.78 is 11.1. The number of rotatable bonds is 8. The van der Waals surface area contributed by atoms with Crippen molar-refractivity contribution in [3.8, 4) is 0 Å². The van der Waals surface area contributed by atoms with Gasteiger partial charge in [-0.05, 0) is 45.1 Å². The Balaban J connectivity index is 2.17. The fourth-order valence-corrected chi connectivity index (χ4v) is 5.13. The lowest BCUT2D eigenvalue weighted by atomic mass is 10.0. The molecule has 0 aliphatic carbocycles. The molecule has 34 heavy (non-hydrogen) atoms. The van der Waals surface area contributed by atoms with E-state index in [0.717, 1.165) is 11.1 Å². The minimum absolute atomic E-state index is 0.312. The van der Waals surface area contributed by atoms with Crippen LogP contribution in [0.4, 0.5) is 5.69 Å². The van der Waals surface area contributed by atoms with Crippen molar-refractivity contribution >= 4 is 35.3 Å². The number of likely N-dealkylation sites (N-methyl/N-ethyl adjacent to an activating group) is 1. The number of esters is 2. The SMILES string of the molecule is CCCOC(=O)c1cccc2c1S[C@@H](c1ccc(C)cc1)[C@@H](OC(C)=O)C(=O)N2CCN(C)C. The Kier molecular flexibility index (Phi) is 8.74. The highest BCUT2D eigenvalue weighted by atomic mass is 32.2. The average Bonchev–Trinajstić information content (AvgIpc) is 2.91. The van der Waals surface area contributed by atoms with Crippen LogP contribution in [0.2, 0.25) is 0 Å². The third-order valence-electron chi connectivity index (χ3n) is 5.44. The van der Waals surface area contributed by atoms with Crippen LogP contribution in [-0.4, -0.2) is 62.6 Å². The van der Waals surface area contributed by atoms with Crippen molar-refractivity contribution in [2.45, 2.75) is 43.4 Å². The largest absolute Gasteiger partial charge is 0.462 e. The number of ether oxygens (including phenoxy) is 2. The van der Waals surface area contributed by atoms with Crippen LogP contribution in [0, 0.1) is 6.92 Å². The topological polar surface area (TPSA) is 76.1 Å². The Morgan fingerprint density at radius 3 is 2.44 bits per heavy atom. The van der Waals surface area contributed by atoms with Crippen LogP contribution in [0.5, 0.6) is 0 Å². The van der Waals surface area contributed by atoms with E-state index in [1.54, 1.807) is 17.0 Å². The number of aryl methyl sites for hydroxylation is 1. The molecule has 0 spiro atoms.